The zero-order valence-electron chi connectivity index (χ0n) is 16.2. The number of benzene rings is 3. The molecular weight excluding hydrogens is 350 g/mol. The van der Waals surface area contributed by atoms with Crippen LogP contribution in [0.5, 0.6) is 0 Å². The highest BCUT2D eigenvalue weighted by atomic mass is 16.5. The number of esters is 1. The molecule has 1 N–H and O–H groups in total. The van der Waals surface area contributed by atoms with E-state index >= 15 is 0 Å². The van der Waals surface area contributed by atoms with Gasteiger partial charge in [0.25, 0.3) is 5.91 Å². The quantitative estimate of drug-likeness (QED) is 0.618. The zero-order chi connectivity index (χ0) is 19.9. The van der Waals surface area contributed by atoms with E-state index in [1.807, 2.05) is 55.5 Å². The first-order chi connectivity index (χ1) is 13.5. The minimum atomic E-state index is -0.849. The molecule has 3 rings (SSSR count). The normalized spacial score (nSPS) is 12.9. The molecular formula is C24H25NO3. The molecule has 0 aliphatic heterocycles. The van der Waals surface area contributed by atoms with Crippen LogP contribution in [0.25, 0.3) is 10.8 Å². The summed E-state index contributed by atoms with van der Waals surface area (Å²) in [5.74, 6) is -0.778. The number of hydrogen-bond donors (Lipinski definition) is 1. The third kappa shape index (κ3) is 5.19. The van der Waals surface area contributed by atoms with Crippen LogP contribution in [0.2, 0.25) is 0 Å². The van der Waals surface area contributed by atoms with Gasteiger partial charge in [-0.05, 0) is 55.2 Å². The van der Waals surface area contributed by atoms with E-state index in [4.69, 9.17) is 4.74 Å². The maximum atomic E-state index is 12.4. The highest BCUT2D eigenvalue weighted by Gasteiger charge is 2.20. The standard InChI is InChI=1S/C24H25NO3/c1-17(12-13-19-8-4-3-5-9-19)25-23(26)18(2)28-24(27)22-15-14-20-10-6-7-11-21(20)16-22/h3-11,14-18H,12-13H2,1-2H3,(H,25,26)/t17-,18-/m0/s1. The van der Waals surface area contributed by atoms with Gasteiger partial charge < -0.3 is 10.1 Å². The summed E-state index contributed by atoms with van der Waals surface area (Å²) in [6, 6.07) is 23.3. The number of aryl methyl sites for hydroxylation is 1. The van der Waals surface area contributed by atoms with Crippen molar-refractivity contribution in [2.24, 2.45) is 0 Å². The Labute approximate surface area is 165 Å². The maximum absolute atomic E-state index is 12.4. The molecule has 0 aliphatic carbocycles. The lowest BCUT2D eigenvalue weighted by molar-refractivity contribution is -0.129. The van der Waals surface area contributed by atoms with Crippen molar-refractivity contribution >= 4 is 22.6 Å². The summed E-state index contributed by atoms with van der Waals surface area (Å²) in [6.07, 6.45) is 0.854. The van der Waals surface area contributed by atoms with Gasteiger partial charge in [0.2, 0.25) is 0 Å². The number of fused-ring (bicyclic) bond motifs is 1. The number of rotatable bonds is 7. The van der Waals surface area contributed by atoms with Crippen molar-refractivity contribution in [3.05, 3.63) is 83.9 Å². The summed E-state index contributed by atoms with van der Waals surface area (Å²) >= 11 is 0. The molecule has 0 heterocycles. The van der Waals surface area contributed by atoms with Crippen LogP contribution in [0.1, 0.15) is 36.2 Å². The minimum absolute atomic E-state index is 0.00507. The molecule has 144 valence electrons. The predicted octanol–water partition coefficient (Wildman–Crippen LogP) is 4.52. The van der Waals surface area contributed by atoms with Crippen LogP contribution < -0.4 is 5.32 Å². The van der Waals surface area contributed by atoms with E-state index in [-0.39, 0.29) is 11.9 Å². The molecule has 4 nitrogen and oxygen atoms in total. The van der Waals surface area contributed by atoms with E-state index in [1.165, 1.54) is 5.56 Å². The van der Waals surface area contributed by atoms with Gasteiger partial charge in [-0.25, -0.2) is 4.79 Å². The summed E-state index contributed by atoms with van der Waals surface area (Å²) in [5, 5.41) is 4.93. The third-order valence-electron chi connectivity index (χ3n) is 4.74. The van der Waals surface area contributed by atoms with Crippen molar-refractivity contribution in [1.82, 2.24) is 5.32 Å². The van der Waals surface area contributed by atoms with Crippen LogP contribution >= 0.6 is 0 Å². The van der Waals surface area contributed by atoms with Crippen molar-refractivity contribution in [1.29, 1.82) is 0 Å². The van der Waals surface area contributed by atoms with Gasteiger partial charge in [0.05, 0.1) is 5.56 Å². The van der Waals surface area contributed by atoms with Crippen LogP contribution in [0.15, 0.2) is 72.8 Å². The van der Waals surface area contributed by atoms with Crippen LogP contribution in [0, 0.1) is 0 Å². The van der Waals surface area contributed by atoms with E-state index < -0.39 is 12.1 Å². The molecule has 28 heavy (non-hydrogen) atoms. The van der Waals surface area contributed by atoms with E-state index in [0.29, 0.717) is 5.56 Å². The summed E-state index contributed by atoms with van der Waals surface area (Å²) in [4.78, 5) is 24.8. The van der Waals surface area contributed by atoms with Crippen molar-refractivity contribution < 1.29 is 14.3 Å². The van der Waals surface area contributed by atoms with E-state index in [2.05, 4.69) is 17.4 Å². The van der Waals surface area contributed by atoms with Crippen LogP contribution in [0.4, 0.5) is 0 Å². The number of hydrogen-bond acceptors (Lipinski definition) is 3. The molecule has 0 saturated heterocycles. The molecule has 4 heteroatoms. The molecule has 1 amide bonds. The maximum Gasteiger partial charge on any atom is 0.338 e. The molecule has 0 spiro atoms. The van der Waals surface area contributed by atoms with Crippen molar-refractivity contribution in [3.8, 4) is 0 Å². The van der Waals surface area contributed by atoms with Gasteiger partial charge in [-0.15, -0.1) is 0 Å². The molecule has 0 fully saturated rings. The lowest BCUT2D eigenvalue weighted by Crippen LogP contribution is -2.41. The second kappa shape index (κ2) is 9.18. The average Bonchev–Trinajstić information content (AvgIpc) is 2.72. The first-order valence-corrected chi connectivity index (χ1v) is 9.57. The number of carbonyl (C=O) groups excluding carboxylic acids is 2. The Morgan fingerprint density at radius 3 is 2.32 bits per heavy atom. The van der Waals surface area contributed by atoms with Gasteiger partial charge in [-0.1, -0.05) is 60.7 Å². The second-order valence-corrected chi connectivity index (χ2v) is 7.04. The summed E-state index contributed by atoms with van der Waals surface area (Å²) in [7, 11) is 0. The fourth-order valence-electron chi connectivity index (χ4n) is 3.06. The Hall–Kier alpha value is -3.14. The zero-order valence-corrected chi connectivity index (χ0v) is 16.2. The average molecular weight is 375 g/mol. The number of nitrogens with one attached hydrogen (secondary N) is 1. The van der Waals surface area contributed by atoms with E-state index in [0.717, 1.165) is 23.6 Å². The summed E-state index contributed by atoms with van der Waals surface area (Å²) < 4.78 is 5.36. The largest absolute Gasteiger partial charge is 0.449 e. The molecule has 3 aromatic rings. The van der Waals surface area contributed by atoms with E-state index in [9.17, 15) is 9.59 Å². The lowest BCUT2D eigenvalue weighted by atomic mass is 10.1. The molecule has 3 aromatic carbocycles. The van der Waals surface area contributed by atoms with Crippen LogP contribution in [0.3, 0.4) is 0 Å². The molecule has 0 aliphatic rings. The predicted molar refractivity (Wildman–Crippen MR) is 111 cm³/mol. The van der Waals surface area contributed by atoms with Crippen LogP contribution in [-0.4, -0.2) is 24.0 Å². The van der Waals surface area contributed by atoms with Gasteiger partial charge in [0, 0.05) is 6.04 Å². The number of ether oxygens (including phenoxy) is 1. The highest BCUT2D eigenvalue weighted by Crippen LogP contribution is 2.16. The molecule has 0 unspecified atom stereocenters. The second-order valence-electron chi connectivity index (χ2n) is 7.04. The van der Waals surface area contributed by atoms with E-state index in [1.54, 1.807) is 19.1 Å². The molecule has 0 bridgehead atoms. The third-order valence-corrected chi connectivity index (χ3v) is 4.74. The number of amides is 1. The molecule has 0 saturated carbocycles. The Morgan fingerprint density at radius 2 is 1.57 bits per heavy atom. The Morgan fingerprint density at radius 1 is 0.893 bits per heavy atom. The van der Waals surface area contributed by atoms with Crippen molar-refractivity contribution in [3.63, 3.8) is 0 Å². The Balaban J connectivity index is 1.51. The lowest BCUT2D eigenvalue weighted by Gasteiger charge is -2.18. The van der Waals surface area contributed by atoms with Crippen molar-refractivity contribution in [2.75, 3.05) is 0 Å². The fourth-order valence-corrected chi connectivity index (χ4v) is 3.06. The molecule has 0 aromatic heterocycles. The summed E-state index contributed by atoms with van der Waals surface area (Å²) in [5.41, 5.74) is 1.68. The van der Waals surface area contributed by atoms with Gasteiger partial charge in [0.15, 0.2) is 6.10 Å². The van der Waals surface area contributed by atoms with Gasteiger partial charge in [0.1, 0.15) is 0 Å². The topological polar surface area (TPSA) is 55.4 Å². The fraction of sp³-hybridized carbons (Fsp3) is 0.250. The molecule has 2 atom stereocenters. The first-order valence-electron chi connectivity index (χ1n) is 9.57. The Kier molecular flexibility index (Phi) is 6.43. The van der Waals surface area contributed by atoms with Gasteiger partial charge in [-0.3, -0.25) is 4.79 Å². The summed E-state index contributed by atoms with van der Waals surface area (Å²) in [6.45, 7) is 3.55. The monoisotopic (exact) mass is 375 g/mol. The smallest absolute Gasteiger partial charge is 0.338 e. The van der Waals surface area contributed by atoms with Crippen molar-refractivity contribution in [2.45, 2.75) is 38.8 Å². The molecule has 0 radical (unpaired) electrons. The minimum Gasteiger partial charge on any atom is -0.449 e. The highest BCUT2D eigenvalue weighted by molar-refractivity contribution is 5.96. The SMILES string of the molecule is C[C@H](OC(=O)c1ccc2ccccc2c1)C(=O)N[C@@H](C)CCc1ccccc1. The number of carbonyl (C=O) groups is 2. The Bertz CT molecular complexity index is 952. The van der Waals surface area contributed by atoms with Gasteiger partial charge >= 0.3 is 5.97 Å². The van der Waals surface area contributed by atoms with Crippen LogP contribution in [-0.2, 0) is 16.0 Å². The van der Waals surface area contributed by atoms with Gasteiger partial charge in [-0.2, -0.15) is 0 Å². The first kappa shape index (κ1) is 19.6.